The predicted molar refractivity (Wildman–Crippen MR) is 90.1 cm³/mol. The molecule has 1 fully saturated rings. The summed E-state index contributed by atoms with van der Waals surface area (Å²) in [7, 11) is 0. The lowest BCUT2D eigenvalue weighted by atomic mass is 9.79. The van der Waals surface area contributed by atoms with Crippen molar-refractivity contribution in [2.45, 2.75) is 57.9 Å². The molecule has 0 heterocycles. The fraction of sp³-hybridized carbons (Fsp3) is 0.579. The largest absolute Gasteiger partial charge is 0.480 e. The molecule has 23 heavy (non-hydrogen) atoms. The van der Waals surface area contributed by atoms with Crippen LogP contribution in [-0.2, 0) is 16.0 Å². The maximum Gasteiger partial charge on any atom is 0.326 e. The summed E-state index contributed by atoms with van der Waals surface area (Å²) in [4.78, 5) is 24.0. The van der Waals surface area contributed by atoms with Crippen LogP contribution in [0.25, 0.3) is 0 Å². The molecule has 0 aromatic heterocycles. The molecule has 4 nitrogen and oxygen atoms in total. The predicted octanol–water partition coefficient (Wildman–Crippen LogP) is 3.41. The van der Waals surface area contributed by atoms with Crippen LogP contribution in [0, 0.1) is 11.8 Å². The molecule has 1 aromatic carbocycles. The molecular weight excluding hydrogens is 290 g/mol. The van der Waals surface area contributed by atoms with Crippen molar-refractivity contribution < 1.29 is 14.7 Å². The first-order valence-corrected chi connectivity index (χ1v) is 8.67. The number of amides is 1. The van der Waals surface area contributed by atoms with Gasteiger partial charge in [0, 0.05) is 12.3 Å². The Labute approximate surface area is 138 Å². The number of carbonyl (C=O) groups excluding carboxylic acids is 1. The Bertz CT molecular complexity index is 513. The second-order valence-electron chi connectivity index (χ2n) is 6.61. The van der Waals surface area contributed by atoms with Gasteiger partial charge < -0.3 is 10.4 Å². The van der Waals surface area contributed by atoms with E-state index in [0.717, 1.165) is 37.7 Å². The van der Waals surface area contributed by atoms with E-state index in [4.69, 9.17) is 0 Å². The Morgan fingerprint density at radius 2 is 2.00 bits per heavy atom. The molecule has 0 radical (unpaired) electrons. The number of hydrogen-bond acceptors (Lipinski definition) is 2. The highest BCUT2D eigenvalue weighted by Crippen LogP contribution is 2.32. The lowest BCUT2D eigenvalue weighted by Gasteiger charge is -2.29. The number of carbonyl (C=O) groups is 2. The molecule has 0 spiro atoms. The molecule has 4 heteroatoms. The van der Waals surface area contributed by atoms with Crippen molar-refractivity contribution >= 4 is 11.9 Å². The molecule has 1 saturated carbocycles. The SMILES string of the molecule is CCCC1CCCC(C(=O)NC(Cc2ccccc2)C(=O)O)C1. The first kappa shape index (κ1) is 17.5. The molecule has 0 aliphatic heterocycles. The van der Waals surface area contributed by atoms with E-state index >= 15 is 0 Å². The van der Waals surface area contributed by atoms with Crippen LogP contribution in [0.2, 0.25) is 0 Å². The van der Waals surface area contributed by atoms with Crippen LogP contribution in [0.4, 0.5) is 0 Å². The Hall–Kier alpha value is -1.84. The number of hydrogen-bond donors (Lipinski definition) is 2. The minimum atomic E-state index is -0.969. The van der Waals surface area contributed by atoms with Crippen molar-refractivity contribution in [1.82, 2.24) is 5.32 Å². The van der Waals surface area contributed by atoms with E-state index in [-0.39, 0.29) is 11.8 Å². The van der Waals surface area contributed by atoms with Gasteiger partial charge in [-0.15, -0.1) is 0 Å². The Kier molecular flexibility index (Phi) is 6.63. The van der Waals surface area contributed by atoms with Crippen LogP contribution in [0.5, 0.6) is 0 Å². The zero-order valence-electron chi connectivity index (χ0n) is 13.8. The van der Waals surface area contributed by atoms with Crippen molar-refractivity contribution in [3.8, 4) is 0 Å². The molecule has 1 amide bonds. The van der Waals surface area contributed by atoms with Gasteiger partial charge in [-0.1, -0.05) is 62.9 Å². The van der Waals surface area contributed by atoms with E-state index in [0.29, 0.717) is 12.3 Å². The van der Waals surface area contributed by atoms with Gasteiger partial charge in [0.1, 0.15) is 6.04 Å². The van der Waals surface area contributed by atoms with Crippen LogP contribution in [0.3, 0.4) is 0 Å². The molecular formula is C19H27NO3. The highest BCUT2D eigenvalue weighted by atomic mass is 16.4. The van der Waals surface area contributed by atoms with Crippen molar-refractivity contribution in [3.63, 3.8) is 0 Å². The highest BCUT2D eigenvalue weighted by Gasteiger charge is 2.29. The number of rotatable bonds is 7. The average molecular weight is 317 g/mol. The van der Waals surface area contributed by atoms with Crippen molar-refractivity contribution in [3.05, 3.63) is 35.9 Å². The van der Waals surface area contributed by atoms with Crippen LogP contribution >= 0.6 is 0 Å². The van der Waals surface area contributed by atoms with Gasteiger partial charge >= 0.3 is 5.97 Å². The molecule has 3 unspecified atom stereocenters. The van der Waals surface area contributed by atoms with Crippen LogP contribution in [0.1, 0.15) is 51.0 Å². The number of aliphatic carboxylic acids is 1. The van der Waals surface area contributed by atoms with E-state index in [9.17, 15) is 14.7 Å². The fourth-order valence-corrected chi connectivity index (χ4v) is 3.54. The van der Waals surface area contributed by atoms with Crippen LogP contribution in [-0.4, -0.2) is 23.0 Å². The van der Waals surface area contributed by atoms with E-state index in [1.54, 1.807) is 0 Å². The molecule has 1 aromatic rings. The summed E-state index contributed by atoms with van der Waals surface area (Å²) in [5.41, 5.74) is 0.924. The van der Waals surface area contributed by atoms with Gasteiger partial charge in [-0.3, -0.25) is 4.79 Å². The van der Waals surface area contributed by atoms with Gasteiger partial charge in [-0.2, -0.15) is 0 Å². The first-order chi connectivity index (χ1) is 11.1. The molecule has 0 bridgehead atoms. The lowest BCUT2D eigenvalue weighted by Crippen LogP contribution is -2.45. The third kappa shape index (κ3) is 5.38. The van der Waals surface area contributed by atoms with Crippen molar-refractivity contribution in [2.75, 3.05) is 0 Å². The van der Waals surface area contributed by atoms with Crippen molar-refractivity contribution in [1.29, 1.82) is 0 Å². The molecule has 1 aliphatic rings. The summed E-state index contributed by atoms with van der Waals surface area (Å²) in [5, 5.41) is 12.2. The smallest absolute Gasteiger partial charge is 0.326 e. The highest BCUT2D eigenvalue weighted by molar-refractivity contribution is 5.85. The van der Waals surface area contributed by atoms with Gasteiger partial charge in [0.15, 0.2) is 0 Å². The van der Waals surface area contributed by atoms with E-state index in [1.807, 2.05) is 30.3 Å². The number of carboxylic acid groups (broad SMARTS) is 1. The molecule has 3 atom stereocenters. The number of carboxylic acids is 1. The maximum absolute atomic E-state index is 12.5. The molecule has 126 valence electrons. The molecule has 2 N–H and O–H groups in total. The summed E-state index contributed by atoms with van der Waals surface area (Å²) in [6, 6.07) is 8.59. The Morgan fingerprint density at radius 3 is 2.65 bits per heavy atom. The standard InChI is InChI=1S/C19H27NO3/c1-2-7-14-10-6-11-16(12-14)18(21)20-17(19(22)23)13-15-8-4-3-5-9-15/h3-5,8-9,14,16-17H,2,6-7,10-13H2,1H3,(H,20,21)(H,22,23). The summed E-state index contributed by atoms with van der Waals surface area (Å²) >= 11 is 0. The summed E-state index contributed by atoms with van der Waals surface area (Å²) in [5.74, 6) is -0.475. The zero-order valence-corrected chi connectivity index (χ0v) is 13.8. The lowest BCUT2D eigenvalue weighted by molar-refractivity contribution is -0.142. The normalized spacial score (nSPS) is 22.3. The topological polar surface area (TPSA) is 66.4 Å². The van der Waals surface area contributed by atoms with Gasteiger partial charge in [0.05, 0.1) is 0 Å². The third-order valence-electron chi connectivity index (χ3n) is 4.75. The average Bonchev–Trinajstić information content (AvgIpc) is 2.55. The third-order valence-corrected chi connectivity index (χ3v) is 4.75. The molecule has 2 rings (SSSR count). The van der Waals surface area contributed by atoms with Gasteiger partial charge in [0.2, 0.25) is 5.91 Å². The quantitative estimate of drug-likeness (QED) is 0.810. The van der Waals surface area contributed by atoms with Crippen LogP contribution < -0.4 is 5.32 Å². The van der Waals surface area contributed by atoms with Crippen molar-refractivity contribution in [2.24, 2.45) is 11.8 Å². The summed E-state index contributed by atoms with van der Waals surface area (Å²) in [6.07, 6.45) is 6.68. The van der Waals surface area contributed by atoms with E-state index in [1.165, 1.54) is 6.42 Å². The number of benzene rings is 1. The van der Waals surface area contributed by atoms with Gasteiger partial charge in [-0.25, -0.2) is 4.79 Å². The second kappa shape index (κ2) is 8.70. The zero-order chi connectivity index (χ0) is 16.7. The second-order valence-corrected chi connectivity index (χ2v) is 6.61. The maximum atomic E-state index is 12.5. The minimum absolute atomic E-state index is 0.0297. The van der Waals surface area contributed by atoms with Gasteiger partial charge in [0.25, 0.3) is 0 Å². The monoisotopic (exact) mass is 317 g/mol. The Morgan fingerprint density at radius 1 is 1.26 bits per heavy atom. The van der Waals surface area contributed by atoms with E-state index in [2.05, 4.69) is 12.2 Å². The first-order valence-electron chi connectivity index (χ1n) is 8.67. The minimum Gasteiger partial charge on any atom is -0.480 e. The molecule has 0 saturated heterocycles. The summed E-state index contributed by atoms with van der Waals surface area (Å²) < 4.78 is 0. The molecule has 1 aliphatic carbocycles. The summed E-state index contributed by atoms with van der Waals surface area (Å²) in [6.45, 7) is 2.17. The van der Waals surface area contributed by atoms with Gasteiger partial charge in [-0.05, 0) is 24.3 Å². The Balaban J connectivity index is 1.93. The van der Waals surface area contributed by atoms with E-state index < -0.39 is 12.0 Å². The number of nitrogens with one attached hydrogen (secondary N) is 1. The van der Waals surface area contributed by atoms with Crippen LogP contribution in [0.15, 0.2) is 30.3 Å². The fourth-order valence-electron chi connectivity index (χ4n) is 3.54.